The fourth-order valence-corrected chi connectivity index (χ4v) is 4.56. The number of pyridine rings is 1. The average molecular weight is 385 g/mol. The molecule has 1 fully saturated rings. The van der Waals surface area contributed by atoms with Crippen LogP contribution >= 0.6 is 11.3 Å². The largest absolute Gasteiger partial charge is 0.477 e. The van der Waals surface area contributed by atoms with Gasteiger partial charge >= 0.3 is 5.97 Å². The molecular weight excluding hydrogens is 365 g/mol. The van der Waals surface area contributed by atoms with Crippen LogP contribution in [0.25, 0.3) is 10.2 Å². The summed E-state index contributed by atoms with van der Waals surface area (Å²) in [4.78, 5) is 22.4. The number of benzene rings is 1. The fraction of sp³-hybridized carbons (Fsp3) is 0.350. The van der Waals surface area contributed by atoms with Crippen molar-refractivity contribution in [3.63, 3.8) is 0 Å². The molecule has 0 spiro atoms. The van der Waals surface area contributed by atoms with Gasteiger partial charge in [-0.15, -0.1) is 0 Å². The van der Waals surface area contributed by atoms with Crippen LogP contribution in [0, 0.1) is 5.82 Å². The number of hydrogen-bond acceptors (Lipinski definition) is 5. The van der Waals surface area contributed by atoms with Gasteiger partial charge in [0.15, 0.2) is 5.13 Å². The molecule has 1 N–H and O–H groups in total. The lowest BCUT2D eigenvalue weighted by atomic mass is 10.1. The number of nitrogens with zero attached hydrogens (tertiary/aromatic N) is 3. The van der Waals surface area contributed by atoms with E-state index in [9.17, 15) is 9.18 Å². The minimum atomic E-state index is -1.07. The first-order valence-corrected chi connectivity index (χ1v) is 9.95. The molecule has 0 radical (unpaired) electrons. The molecule has 27 heavy (non-hydrogen) atoms. The molecular formula is C20H20FN3O2S. The van der Waals surface area contributed by atoms with Crippen molar-refractivity contribution in [1.29, 1.82) is 0 Å². The van der Waals surface area contributed by atoms with Crippen LogP contribution in [0.2, 0.25) is 0 Å². The zero-order valence-corrected chi connectivity index (χ0v) is 15.6. The van der Waals surface area contributed by atoms with Gasteiger partial charge in [-0.1, -0.05) is 30.2 Å². The summed E-state index contributed by atoms with van der Waals surface area (Å²) in [6, 6.07) is 7.87. The summed E-state index contributed by atoms with van der Waals surface area (Å²) in [5.74, 6) is -1.38. The Bertz CT molecular complexity index is 981. The van der Waals surface area contributed by atoms with E-state index in [4.69, 9.17) is 10.1 Å². The SMILES string of the molecule is O=C(O)c1cccc(Cc2cc(F)cc3sc(N4CCCCCC4)nc23)n1. The van der Waals surface area contributed by atoms with Gasteiger partial charge in [-0.2, -0.15) is 0 Å². The van der Waals surface area contributed by atoms with Gasteiger partial charge in [-0.25, -0.2) is 19.2 Å². The third-order valence-corrected chi connectivity index (χ3v) is 5.86. The van der Waals surface area contributed by atoms with Crippen molar-refractivity contribution in [1.82, 2.24) is 9.97 Å². The molecule has 3 heterocycles. The molecule has 0 saturated carbocycles. The molecule has 1 aromatic carbocycles. The molecule has 2 aromatic heterocycles. The number of carboxylic acids is 1. The van der Waals surface area contributed by atoms with Gasteiger partial charge in [0.05, 0.1) is 10.2 Å². The van der Waals surface area contributed by atoms with Crippen LogP contribution in [-0.2, 0) is 6.42 Å². The Kier molecular flexibility index (Phi) is 5.03. The second kappa shape index (κ2) is 7.60. The van der Waals surface area contributed by atoms with Crippen molar-refractivity contribution < 1.29 is 14.3 Å². The number of fused-ring (bicyclic) bond motifs is 1. The molecule has 140 valence electrons. The Morgan fingerprint density at radius 2 is 1.93 bits per heavy atom. The van der Waals surface area contributed by atoms with E-state index in [1.807, 2.05) is 0 Å². The minimum Gasteiger partial charge on any atom is -0.477 e. The monoisotopic (exact) mass is 385 g/mol. The number of carboxylic acid groups (broad SMARTS) is 1. The van der Waals surface area contributed by atoms with Crippen molar-refractivity contribution in [2.45, 2.75) is 32.1 Å². The van der Waals surface area contributed by atoms with E-state index in [2.05, 4.69) is 9.88 Å². The molecule has 1 saturated heterocycles. The van der Waals surface area contributed by atoms with Gasteiger partial charge < -0.3 is 10.0 Å². The summed E-state index contributed by atoms with van der Waals surface area (Å²) in [6.45, 7) is 1.97. The second-order valence-electron chi connectivity index (χ2n) is 6.81. The highest BCUT2D eigenvalue weighted by Gasteiger charge is 2.17. The van der Waals surface area contributed by atoms with Crippen molar-refractivity contribution >= 4 is 32.7 Å². The summed E-state index contributed by atoms with van der Waals surface area (Å²) < 4.78 is 15.0. The maximum atomic E-state index is 14.2. The van der Waals surface area contributed by atoms with E-state index in [0.29, 0.717) is 12.1 Å². The van der Waals surface area contributed by atoms with Gasteiger partial charge in [0.25, 0.3) is 0 Å². The average Bonchev–Trinajstić information content (AvgIpc) is 2.88. The van der Waals surface area contributed by atoms with Crippen LogP contribution in [0.1, 0.15) is 47.4 Å². The number of aromatic carboxylic acids is 1. The third kappa shape index (κ3) is 3.93. The number of aromatic nitrogens is 2. The maximum Gasteiger partial charge on any atom is 0.354 e. The maximum absolute atomic E-state index is 14.2. The molecule has 3 aromatic rings. The van der Waals surface area contributed by atoms with E-state index in [-0.39, 0.29) is 11.5 Å². The molecule has 1 aliphatic rings. The normalized spacial score (nSPS) is 15.1. The Hall–Kier alpha value is -2.54. The summed E-state index contributed by atoms with van der Waals surface area (Å²) in [7, 11) is 0. The molecule has 0 bridgehead atoms. The standard InChI is InChI=1S/C20H20FN3O2S/c21-14-10-13(11-15-6-5-7-16(22-15)19(25)26)18-17(12-14)27-20(23-18)24-8-3-1-2-4-9-24/h5-7,10,12H,1-4,8-9,11H2,(H,25,26). The highest BCUT2D eigenvalue weighted by Crippen LogP contribution is 2.33. The van der Waals surface area contributed by atoms with E-state index >= 15 is 0 Å². The number of halogens is 1. The first-order chi connectivity index (χ1) is 13.1. The van der Waals surface area contributed by atoms with Crippen molar-refractivity contribution in [3.8, 4) is 0 Å². The zero-order valence-electron chi connectivity index (χ0n) is 14.8. The van der Waals surface area contributed by atoms with Crippen molar-refractivity contribution in [3.05, 3.63) is 53.1 Å². The van der Waals surface area contributed by atoms with Gasteiger partial charge in [-0.3, -0.25) is 0 Å². The van der Waals surface area contributed by atoms with Gasteiger partial charge in [-0.05, 0) is 42.7 Å². The van der Waals surface area contributed by atoms with E-state index in [0.717, 1.165) is 46.8 Å². The molecule has 4 rings (SSSR count). The predicted molar refractivity (Wildman–Crippen MR) is 104 cm³/mol. The number of hydrogen-bond donors (Lipinski definition) is 1. The second-order valence-corrected chi connectivity index (χ2v) is 7.81. The van der Waals surface area contributed by atoms with E-state index in [1.165, 1.54) is 42.4 Å². The Morgan fingerprint density at radius 1 is 1.15 bits per heavy atom. The first kappa shape index (κ1) is 17.9. The Balaban J connectivity index is 1.69. The fourth-order valence-electron chi connectivity index (χ4n) is 3.47. The van der Waals surface area contributed by atoms with Gasteiger partial charge in [0, 0.05) is 25.2 Å². The summed E-state index contributed by atoms with van der Waals surface area (Å²) >= 11 is 1.52. The zero-order chi connectivity index (χ0) is 18.8. The van der Waals surface area contributed by atoms with Crippen molar-refractivity contribution in [2.75, 3.05) is 18.0 Å². The summed E-state index contributed by atoms with van der Waals surface area (Å²) in [6.07, 6.45) is 5.14. The Morgan fingerprint density at radius 3 is 2.67 bits per heavy atom. The number of thiazole rings is 1. The van der Waals surface area contributed by atoms with Gasteiger partial charge in [0.1, 0.15) is 11.5 Å². The summed E-state index contributed by atoms with van der Waals surface area (Å²) in [5.41, 5.74) is 2.09. The summed E-state index contributed by atoms with van der Waals surface area (Å²) in [5, 5.41) is 10.1. The lowest BCUT2D eigenvalue weighted by molar-refractivity contribution is 0.0690. The number of anilines is 1. The first-order valence-electron chi connectivity index (χ1n) is 9.13. The smallest absolute Gasteiger partial charge is 0.354 e. The van der Waals surface area contributed by atoms with Crippen LogP contribution in [0.3, 0.4) is 0 Å². The molecule has 0 unspecified atom stereocenters. The molecule has 0 atom stereocenters. The Labute approximate surface area is 160 Å². The van der Waals surface area contributed by atoms with Crippen LogP contribution < -0.4 is 4.90 Å². The van der Waals surface area contributed by atoms with Crippen LogP contribution in [0.4, 0.5) is 9.52 Å². The van der Waals surface area contributed by atoms with Crippen molar-refractivity contribution in [2.24, 2.45) is 0 Å². The molecule has 7 heteroatoms. The van der Waals surface area contributed by atoms with Crippen LogP contribution in [0.5, 0.6) is 0 Å². The number of rotatable bonds is 4. The lowest BCUT2D eigenvalue weighted by Gasteiger charge is -2.18. The highest BCUT2D eigenvalue weighted by atomic mass is 32.1. The lowest BCUT2D eigenvalue weighted by Crippen LogP contribution is -2.23. The van der Waals surface area contributed by atoms with Crippen LogP contribution in [0.15, 0.2) is 30.3 Å². The molecule has 5 nitrogen and oxygen atoms in total. The topological polar surface area (TPSA) is 66.3 Å². The molecule has 1 aliphatic heterocycles. The molecule has 0 amide bonds. The quantitative estimate of drug-likeness (QED) is 0.716. The third-order valence-electron chi connectivity index (χ3n) is 4.80. The highest BCUT2D eigenvalue weighted by molar-refractivity contribution is 7.22. The molecule has 0 aliphatic carbocycles. The predicted octanol–water partition coefficient (Wildman–Crippen LogP) is 4.50. The van der Waals surface area contributed by atoms with E-state index in [1.54, 1.807) is 12.1 Å². The van der Waals surface area contributed by atoms with E-state index < -0.39 is 5.97 Å². The van der Waals surface area contributed by atoms with Gasteiger partial charge in [0.2, 0.25) is 0 Å². The minimum absolute atomic E-state index is 0.0105. The number of carbonyl (C=O) groups is 1. The van der Waals surface area contributed by atoms with Crippen LogP contribution in [-0.4, -0.2) is 34.1 Å².